The molecule has 0 saturated heterocycles. The third-order valence-electron chi connectivity index (χ3n) is 2.43. The zero-order valence-electron chi connectivity index (χ0n) is 10.3. The Morgan fingerprint density at radius 1 is 1.21 bits per heavy atom. The summed E-state index contributed by atoms with van der Waals surface area (Å²) < 4.78 is 32.9. The second kappa shape index (κ2) is 5.52. The molecule has 1 aromatic carbocycles. The normalized spacial score (nSPS) is 10.4. The molecule has 1 N–H and O–H groups in total. The molecule has 0 fully saturated rings. The molecular weight excluding hydrogens is 318 g/mol. The SMILES string of the molecule is CNc1nc(Oc2ccc(C)cc2Br)c(F)cc1F. The van der Waals surface area contributed by atoms with E-state index < -0.39 is 11.6 Å². The molecule has 3 nitrogen and oxygen atoms in total. The summed E-state index contributed by atoms with van der Waals surface area (Å²) in [7, 11) is 1.49. The fourth-order valence-corrected chi connectivity index (χ4v) is 2.06. The van der Waals surface area contributed by atoms with Gasteiger partial charge < -0.3 is 10.1 Å². The third kappa shape index (κ3) is 3.01. The van der Waals surface area contributed by atoms with E-state index in [-0.39, 0.29) is 11.7 Å². The van der Waals surface area contributed by atoms with Crippen molar-refractivity contribution < 1.29 is 13.5 Å². The molecule has 0 bridgehead atoms. The molecule has 2 aromatic rings. The Morgan fingerprint density at radius 2 is 1.95 bits per heavy atom. The molecule has 0 unspecified atom stereocenters. The first-order valence-corrected chi connectivity index (χ1v) is 6.28. The summed E-state index contributed by atoms with van der Waals surface area (Å²) in [5.74, 6) is -1.57. The first-order valence-electron chi connectivity index (χ1n) is 5.49. The number of pyridine rings is 1. The first kappa shape index (κ1) is 13.7. The van der Waals surface area contributed by atoms with Crippen molar-refractivity contribution in [1.82, 2.24) is 4.98 Å². The zero-order chi connectivity index (χ0) is 14.0. The van der Waals surface area contributed by atoms with Crippen molar-refractivity contribution >= 4 is 21.7 Å². The highest BCUT2D eigenvalue weighted by Crippen LogP contribution is 2.31. The smallest absolute Gasteiger partial charge is 0.258 e. The molecule has 0 radical (unpaired) electrons. The number of rotatable bonds is 3. The monoisotopic (exact) mass is 328 g/mol. The highest BCUT2D eigenvalue weighted by atomic mass is 79.9. The molecule has 1 heterocycles. The average Bonchev–Trinajstić information content (AvgIpc) is 2.35. The highest BCUT2D eigenvalue weighted by molar-refractivity contribution is 9.10. The number of benzene rings is 1. The van der Waals surface area contributed by atoms with Gasteiger partial charge in [-0.3, -0.25) is 0 Å². The van der Waals surface area contributed by atoms with E-state index in [0.29, 0.717) is 10.2 Å². The Bertz CT molecular complexity index is 620. The molecule has 19 heavy (non-hydrogen) atoms. The second-order valence-corrected chi connectivity index (χ2v) is 4.75. The summed E-state index contributed by atoms with van der Waals surface area (Å²) >= 11 is 3.31. The molecule has 1 aromatic heterocycles. The molecular formula is C13H11BrF2N2O. The van der Waals surface area contributed by atoms with Gasteiger partial charge in [0.2, 0.25) is 0 Å². The summed E-state index contributed by atoms with van der Waals surface area (Å²) in [6, 6.07) is 6.06. The number of halogens is 3. The lowest BCUT2D eigenvalue weighted by atomic mass is 10.2. The van der Waals surface area contributed by atoms with Gasteiger partial charge in [-0.15, -0.1) is 0 Å². The molecule has 0 saturated carbocycles. The van der Waals surface area contributed by atoms with Gasteiger partial charge in [-0.05, 0) is 40.5 Å². The van der Waals surface area contributed by atoms with Gasteiger partial charge in [-0.1, -0.05) is 6.07 Å². The highest BCUT2D eigenvalue weighted by Gasteiger charge is 2.14. The van der Waals surface area contributed by atoms with Crippen LogP contribution in [-0.4, -0.2) is 12.0 Å². The van der Waals surface area contributed by atoms with Gasteiger partial charge in [0.25, 0.3) is 5.88 Å². The maximum atomic E-state index is 13.6. The number of aromatic nitrogens is 1. The van der Waals surface area contributed by atoms with Crippen molar-refractivity contribution in [2.24, 2.45) is 0 Å². The van der Waals surface area contributed by atoms with Crippen molar-refractivity contribution in [1.29, 1.82) is 0 Å². The molecule has 0 spiro atoms. The maximum Gasteiger partial charge on any atom is 0.258 e. The summed E-state index contributed by atoms with van der Waals surface area (Å²) in [6.45, 7) is 1.92. The van der Waals surface area contributed by atoms with E-state index in [9.17, 15) is 8.78 Å². The van der Waals surface area contributed by atoms with Gasteiger partial charge in [0.1, 0.15) is 5.75 Å². The van der Waals surface area contributed by atoms with Crippen LogP contribution in [0.3, 0.4) is 0 Å². The number of nitrogens with one attached hydrogen (secondary N) is 1. The maximum absolute atomic E-state index is 13.6. The number of ether oxygens (including phenoxy) is 1. The van der Waals surface area contributed by atoms with Crippen molar-refractivity contribution in [2.45, 2.75) is 6.92 Å². The van der Waals surface area contributed by atoms with E-state index >= 15 is 0 Å². The fourth-order valence-electron chi connectivity index (χ4n) is 1.49. The van der Waals surface area contributed by atoms with Gasteiger partial charge in [0.15, 0.2) is 17.5 Å². The minimum absolute atomic E-state index is 0.0698. The van der Waals surface area contributed by atoms with Crippen LogP contribution in [0.4, 0.5) is 14.6 Å². The number of anilines is 1. The van der Waals surface area contributed by atoms with E-state index in [0.717, 1.165) is 11.6 Å². The Labute approximate surface area is 117 Å². The van der Waals surface area contributed by atoms with Crippen LogP contribution in [0.2, 0.25) is 0 Å². The zero-order valence-corrected chi connectivity index (χ0v) is 11.9. The van der Waals surface area contributed by atoms with Crippen LogP contribution < -0.4 is 10.1 Å². The summed E-state index contributed by atoms with van der Waals surface area (Å²) in [5.41, 5.74) is 1.03. The van der Waals surface area contributed by atoms with Crippen LogP contribution in [0.25, 0.3) is 0 Å². The quantitative estimate of drug-likeness (QED) is 0.913. The molecule has 2 rings (SSSR count). The van der Waals surface area contributed by atoms with Crippen molar-refractivity contribution in [3.05, 3.63) is 45.9 Å². The van der Waals surface area contributed by atoms with E-state index in [1.165, 1.54) is 7.05 Å². The van der Waals surface area contributed by atoms with Crippen molar-refractivity contribution in [3.8, 4) is 11.6 Å². The minimum Gasteiger partial charge on any atom is -0.435 e. The van der Waals surface area contributed by atoms with Crippen LogP contribution in [0.1, 0.15) is 5.56 Å². The Hall–Kier alpha value is -1.69. The van der Waals surface area contributed by atoms with Crippen LogP contribution in [0.5, 0.6) is 11.6 Å². The van der Waals surface area contributed by atoms with Crippen LogP contribution in [0.15, 0.2) is 28.7 Å². The van der Waals surface area contributed by atoms with Gasteiger partial charge in [-0.2, -0.15) is 4.98 Å². The number of hydrogen-bond donors (Lipinski definition) is 1. The third-order valence-corrected chi connectivity index (χ3v) is 3.05. The molecule has 0 atom stereocenters. The molecule has 0 aliphatic heterocycles. The second-order valence-electron chi connectivity index (χ2n) is 3.89. The topological polar surface area (TPSA) is 34.2 Å². The van der Waals surface area contributed by atoms with E-state index in [4.69, 9.17) is 4.74 Å². The van der Waals surface area contributed by atoms with E-state index in [1.54, 1.807) is 6.07 Å². The van der Waals surface area contributed by atoms with E-state index in [2.05, 4.69) is 26.2 Å². The summed E-state index contributed by atoms with van der Waals surface area (Å²) in [4.78, 5) is 3.74. The predicted octanol–water partition coefficient (Wildman–Crippen LogP) is 4.26. The molecule has 0 aliphatic rings. The van der Waals surface area contributed by atoms with E-state index in [1.807, 2.05) is 19.1 Å². The molecule has 0 aliphatic carbocycles. The number of hydrogen-bond acceptors (Lipinski definition) is 3. The van der Waals surface area contributed by atoms with Gasteiger partial charge in [0.05, 0.1) is 4.47 Å². The standard InChI is InChI=1S/C13H11BrF2N2O/c1-7-3-4-11(8(14)5-7)19-13-10(16)6-9(15)12(17-2)18-13/h3-6H,1-2H3,(H,17,18). The van der Waals surface area contributed by atoms with Gasteiger partial charge >= 0.3 is 0 Å². The summed E-state index contributed by atoms with van der Waals surface area (Å²) in [6.07, 6.45) is 0. The number of nitrogens with zero attached hydrogens (tertiary/aromatic N) is 1. The van der Waals surface area contributed by atoms with Crippen LogP contribution >= 0.6 is 15.9 Å². The van der Waals surface area contributed by atoms with Crippen LogP contribution in [0, 0.1) is 18.6 Å². The fraction of sp³-hybridized carbons (Fsp3) is 0.154. The average molecular weight is 329 g/mol. The number of aryl methyl sites for hydroxylation is 1. The lowest BCUT2D eigenvalue weighted by Crippen LogP contribution is -2.01. The molecule has 0 amide bonds. The first-order chi connectivity index (χ1) is 9.01. The minimum atomic E-state index is -0.857. The van der Waals surface area contributed by atoms with Gasteiger partial charge in [0, 0.05) is 13.1 Å². The lowest BCUT2D eigenvalue weighted by Gasteiger charge is -2.10. The van der Waals surface area contributed by atoms with Gasteiger partial charge in [-0.25, -0.2) is 8.78 Å². The predicted molar refractivity (Wildman–Crippen MR) is 72.7 cm³/mol. The largest absolute Gasteiger partial charge is 0.435 e. The van der Waals surface area contributed by atoms with Crippen molar-refractivity contribution in [2.75, 3.05) is 12.4 Å². The Morgan fingerprint density at radius 3 is 2.58 bits per heavy atom. The molecule has 6 heteroatoms. The Balaban J connectivity index is 2.37. The lowest BCUT2D eigenvalue weighted by molar-refractivity contribution is 0.416. The van der Waals surface area contributed by atoms with Crippen LogP contribution in [-0.2, 0) is 0 Å². The summed E-state index contributed by atoms with van der Waals surface area (Å²) in [5, 5.41) is 2.53. The Kier molecular flexibility index (Phi) is 3.99. The van der Waals surface area contributed by atoms with Crippen molar-refractivity contribution in [3.63, 3.8) is 0 Å². The molecule has 100 valence electrons.